The number of benzene rings is 3. The number of piperidine rings is 1. The van der Waals surface area contributed by atoms with E-state index in [1.807, 2.05) is 48.5 Å². The van der Waals surface area contributed by atoms with E-state index in [0.29, 0.717) is 21.2 Å². The van der Waals surface area contributed by atoms with E-state index in [2.05, 4.69) is 34.6 Å². The maximum absolute atomic E-state index is 12.9. The average molecular weight is 524 g/mol. The third-order valence-electron chi connectivity index (χ3n) is 6.84. The van der Waals surface area contributed by atoms with Crippen LogP contribution in [0, 0.1) is 0 Å². The summed E-state index contributed by atoms with van der Waals surface area (Å²) in [6.07, 6.45) is 2.42. The lowest BCUT2D eigenvalue weighted by Crippen LogP contribution is -2.53. The molecule has 3 aromatic carbocycles. The molecular formula is C29H31Cl2N3O2. The molecule has 1 heterocycles. The highest BCUT2D eigenvalue weighted by molar-refractivity contribution is 6.39. The fraction of sp³-hybridized carbons (Fsp3) is 0.310. The Morgan fingerprint density at radius 2 is 1.44 bits per heavy atom. The van der Waals surface area contributed by atoms with E-state index in [1.54, 1.807) is 18.2 Å². The van der Waals surface area contributed by atoms with Crippen LogP contribution in [0.25, 0.3) is 0 Å². The van der Waals surface area contributed by atoms with Gasteiger partial charge >= 0.3 is 0 Å². The van der Waals surface area contributed by atoms with E-state index in [-0.39, 0.29) is 23.4 Å². The van der Waals surface area contributed by atoms with Gasteiger partial charge in [0.2, 0.25) is 0 Å². The second kappa shape index (κ2) is 11.9. The topological polar surface area (TPSA) is 61.4 Å². The molecule has 1 atom stereocenters. The minimum absolute atomic E-state index is 0.0726. The third kappa shape index (κ3) is 6.67. The van der Waals surface area contributed by atoms with Crippen LogP contribution in [0.1, 0.15) is 58.5 Å². The SMILES string of the molecule is CC1(NC(=O)c2c(Cl)cccc2Cl)CCN(CC[C@H](NC(=O)c2ccccc2)c2ccccc2)CC1. The van der Waals surface area contributed by atoms with Gasteiger partial charge in [-0.1, -0.05) is 77.8 Å². The average Bonchev–Trinajstić information content (AvgIpc) is 2.88. The van der Waals surface area contributed by atoms with Crippen molar-refractivity contribution in [2.24, 2.45) is 0 Å². The minimum atomic E-state index is -0.337. The normalized spacial score (nSPS) is 16.2. The first kappa shape index (κ1) is 26.2. The van der Waals surface area contributed by atoms with Crippen LogP contribution in [0.2, 0.25) is 10.0 Å². The fourth-order valence-electron chi connectivity index (χ4n) is 4.60. The minimum Gasteiger partial charge on any atom is -0.347 e. The molecule has 4 rings (SSSR count). The summed E-state index contributed by atoms with van der Waals surface area (Å²) in [4.78, 5) is 28.1. The lowest BCUT2D eigenvalue weighted by molar-refractivity contribution is 0.0830. The Hall–Kier alpha value is -2.86. The lowest BCUT2D eigenvalue weighted by atomic mass is 9.89. The van der Waals surface area contributed by atoms with Crippen LogP contribution in [-0.2, 0) is 0 Å². The molecular weight excluding hydrogens is 493 g/mol. The number of hydrogen-bond acceptors (Lipinski definition) is 3. The van der Waals surface area contributed by atoms with E-state index in [4.69, 9.17) is 23.2 Å². The van der Waals surface area contributed by atoms with Crippen molar-refractivity contribution in [3.63, 3.8) is 0 Å². The van der Waals surface area contributed by atoms with Gasteiger partial charge in [-0.25, -0.2) is 0 Å². The Labute approximate surface area is 222 Å². The van der Waals surface area contributed by atoms with Gasteiger partial charge in [0.05, 0.1) is 21.7 Å². The predicted octanol–water partition coefficient (Wildman–Crippen LogP) is 6.14. The molecule has 3 aromatic rings. The van der Waals surface area contributed by atoms with Gasteiger partial charge in [-0.3, -0.25) is 9.59 Å². The largest absolute Gasteiger partial charge is 0.347 e. The van der Waals surface area contributed by atoms with Crippen LogP contribution in [0.3, 0.4) is 0 Å². The molecule has 0 radical (unpaired) electrons. The van der Waals surface area contributed by atoms with E-state index in [1.165, 1.54) is 0 Å². The molecule has 188 valence electrons. The highest BCUT2D eigenvalue weighted by atomic mass is 35.5. The van der Waals surface area contributed by atoms with Crippen molar-refractivity contribution in [1.82, 2.24) is 15.5 Å². The maximum atomic E-state index is 12.9. The van der Waals surface area contributed by atoms with Gasteiger partial charge in [0.1, 0.15) is 0 Å². The smallest absolute Gasteiger partial charge is 0.254 e. The van der Waals surface area contributed by atoms with Crippen molar-refractivity contribution in [2.45, 2.75) is 37.8 Å². The van der Waals surface area contributed by atoms with Crippen molar-refractivity contribution in [3.05, 3.63) is 106 Å². The monoisotopic (exact) mass is 523 g/mol. The molecule has 1 aliphatic rings. The molecule has 36 heavy (non-hydrogen) atoms. The molecule has 0 bridgehead atoms. The summed E-state index contributed by atoms with van der Waals surface area (Å²) in [5.41, 5.74) is 1.73. The summed E-state index contributed by atoms with van der Waals surface area (Å²) in [5, 5.41) is 7.07. The summed E-state index contributed by atoms with van der Waals surface area (Å²) in [6, 6.07) is 24.4. The van der Waals surface area contributed by atoms with E-state index in [9.17, 15) is 9.59 Å². The zero-order valence-corrected chi connectivity index (χ0v) is 21.9. The molecule has 1 aliphatic heterocycles. The summed E-state index contributed by atoms with van der Waals surface area (Å²) >= 11 is 12.4. The molecule has 0 saturated carbocycles. The van der Waals surface area contributed by atoms with Crippen molar-refractivity contribution < 1.29 is 9.59 Å². The first-order valence-electron chi connectivity index (χ1n) is 12.2. The first-order valence-corrected chi connectivity index (χ1v) is 13.0. The molecule has 1 fully saturated rings. The number of amides is 2. The van der Waals surface area contributed by atoms with Crippen LogP contribution in [0.5, 0.6) is 0 Å². The second-order valence-corrected chi connectivity index (χ2v) is 10.4. The molecule has 2 N–H and O–H groups in total. The van der Waals surface area contributed by atoms with Crippen LogP contribution in [0.15, 0.2) is 78.9 Å². The van der Waals surface area contributed by atoms with E-state index < -0.39 is 0 Å². The van der Waals surface area contributed by atoms with Gasteiger partial charge in [0, 0.05) is 30.7 Å². The predicted molar refractivity (Wildman–Crippen MR) is 146 cm³/mol. The van der Waals surface area contributed by atoms with Crippen molar-refractivity contribution in [1.29, 1.82) is 0 Å². The Balaban J connectivity index is 1.34. The van der Waals surface area contributed by atoms with Crippen molar-refractivity contribution in [3.8, 4) is 0 Å². The number of nitrogens with one attached hydrogen (secondary N) is 2. The first-order chi connectivity index (χ1) is 17.3. The number of likely N-dealkylation sites (tertiary alicyclic amines) is 1. The molecule has 1 saturated heterocycles. The standard InChI is InChI=1S/C29H31Cl2N3O2/c1-29(33-28(36)26-23(30)13-8-14-24(26)31)16-19-34(20-17-29)18-15-25(21-9-4-2-5-10-21)32-27(35)22-11-6-3-7-12-22/h2-14,25H,15-20H2,1H3,(H,32,35)(H,33,36)/t25-/m0/s1. The van der Waals surface area contributed by atoms with Crippen LogP contribution in [-0.4, -0.2) is 41.9 Å². The number of nitrogens with zero attached hydrogens (tertiary/aromatic N) is 1. The Morgan fingerprint density at radius 3 is 2.06 bits per heavy atom. The molecule has 5 nitrogen and oxygen atoms in total. The molecule has 0 spiro atoms. The fourth-order valence-corrected chi connectivity index (χ4v) is 5.17. The molecule has 0 aliphatic carbocycles. The van der Waals surface area contributed by atoms with Crippen LogP contribution in [0.4, 0.5) is 0 Å². The summed E-state index contributed by atoms with van der Waals surface area (Å²) in [7, 11) is 0. The second-order valence-electron chi connectivity index (χ2n) is 9.54. The van der Waals surface area contributed by atoms with Gasteiger partial charge in [0.25, 0.3) is 11.8 Å². The Bertz CT molecular complexity index is 1160. The van der Waals surface area contributed by atoms with Crippen LogP contribution < -0.4 is 10.6 Å². The quantitative estimate of drug-likeness (QED) is 0.372. The Morgan fingerprint density at radius 1 is 0.861 bits per heavy atom. The summed E-state index contributed by atoms with van der Waals surface area (Å²) < 4.78 is 0. The highest BCUT2D eigenvalue weighted by Crippen LogP contribution is 2.28. The summed E-state index contributed by atoms with van der Waals surface area (Å²) in [6.45, 7) is 4.61. The molecule has 0 unspecified atom stereocenters. The zero-order valence-electron chi connectivity index (χ0n) is 20.3. The number of hydrogen-bond donors (Lipinski definition) is 2. The number of carbonyl (C=O) groups excluding carboxylic acids is 2. The van der Waals surface area contributed by atoms with Gasteiger partial charge in [-0.2, -0.15) is 0 Å². The van der Waals surface area contributed by atoms with Crippen LogP contribution >= 0.6 is 23.2 Å². The molecule has 0 aromatic heterocycles. The third-order valence-corrected chi connectivity index (χ3v) is 7.47. The maximum Gasteiger partial charge on any atom is 0.254 e. The van der Waals surface area contributed by atoms with Crippen molar-refractivity contribution in [2.75, 3.05) is 19.6 Å². The summed E-state index contributed by atoms with van der Waals surface area (Å²) in [5.74, 6) is -0.314. The number of rotatable bonds is 8. The van der Waals surface area contributed by atoms with E-state index >= 15 is 0 Å². The highest BCUT2D eigenvalue weighted by Gasteiger charge is 2.33. The Kier molecular flexibility index (Phi) is 8.68. The number of halogens is 2. The lowest BCUT2D eigenvalue weighted by Gasteiger charge is -2.40. The number of carbonyl (C=O) groups is 2. The molecule has 7 heteroatoms. The van der Waals surface area contributed by atoms with Gasteiger partial charge < -0.3 is 15.5 Å². The van der Waals surface area contributed by atoms with E-state index in [0.717, 1.165) is 44.5 Å². The van der Waals surface area contributed by atoms with Gasteiger partial charge in [0.15, 0.2) is 0 Å². The van der Waals surface area contributed by atoms with Gasteiger partial charge in [-0.05, 0) is 56.0 Å². The van der Waals surface area contributed by atoms with Gasteiger partial charge in [-0.15, -0.1) is 0 Å². The molecule has 2 amide bonds. The van der Waals surface area contributed by atoms with Crippen molar-refractivity contribution >= 4 is 35.0 Å². The zero-order chi connectivity index (χ0) is 25.5.